The van der Waals surface area contributed by atoms with Crippen LogP contribution in [0.15, 0.2) is 23.2 Å². The van der Waals surface area contributed by atoms with Crippen LogP contribution in [0.1, 0.15) is 43.7 Å². The summed E-state index contributed by atoms with van der Waals surface area (Å²) in [5.41, 5.74) is 1.08. The summed E-state index contributed by atoms with van der Waals surface area (Å²) in [5, 5.41) is 9.18. The number of amides is 1. The molecular formula is C19H30FIN4O3S. The van der Waals surface area contributed by atoms with Gasteiger partial charge in [0, 0.05) is 31.8 Å². The van der Waals surface area contributed by atoms with Gasteiger partial charge < -0.3 is 16.0 Å². The van der Waals surface area contributed by atoms with Crippen molar-refractivity contribution in [3.63, 3.8) is 0 Å². The molecule has 0 aliphatic heterocycles. The van der Waals surface area contributed by atoms with E-state index in [0.29, 0.717) is 49.1 Å². The van der Waals surface area contributed by atoms with Crippen molar-refractivity contribution in [2.45, 2.75) is 50.9 Å². The molecule has 164 valence electrons. The zero-order valence-corrected chi connectivity index (χ0v) is 20.0. The summed E-state index contributed by atoms with van der Waals surface area (Å²) in [6.45, 7) is 3.30. The molecule has 1 aromatic carbocycles. The standard InChI is InChI=1S/C19H29FN4O3S.HI/c1-3-21-19(22-10-4-5-18(25)24-17-8-9-17)23-12-15-11-16(20)7-6-14(15)13-28(2,26)27;/h6-7,11,17H,3-5,8-10,12-13H2,1-2H3,(H,24,25)(H2,21,22,23);1H. The SMILES string of the molecule is CCNC(=NCc1cc(F)ccc1CS(C)(=O)=O)NCCCC(=O)NC1CC1.I. The van der Waals surface area contributed by atoms with Crippen molar-refractivity contribution in [3.05, 3.63) is 35.1 Å². The van der Waals surface area contributed by atoms with Gasteiger partial charge in [-0.3, -0.25) is 4.79 Å². The third kappa shape index (κ3) is 10.8. The first kappa shape index (κ1) is 25.6. The van der Waals surface area contributed by atoms with E-state index in [1.807, 2.05) is 6.92 Å². The number of benzene rings is 1. The molecule has 1 saturated carbocycles. The minimum Gasteiger partial charge on any atom is -0.357 e. The number of sulfone groups is 1. The molecule has 10 heteroatoms. The van der Waals surface area contributed by atoms with Gasteiger partial charge >= 0.3 is 0 Å². The number of aliphatic imine (C=N–C) groups is 1. The zero-order chi connectivity index (χ0) is 20.6. The Morgan fingerprint density at radius 1 is 1.24 bits per heavy atom. The second kappa shape index (κ2) is 12.3. The van der Waals surface area contributed by atoms with Gasteiger partial charge in [0.1, 0.15) is 5.82 Å². The first-order valence-electron chi connectivity index (χ1n) is 9.53. The molecule has 1 aliphatic rings. The highest BCUT2D eigenvalue weighted by Crippen LogP contribution is 2.18. The summed E-state index contributed by atoms with van der Waals surface area (Å²) in [4.78, 5) is 16.1. The van der Waals surface area contributed by atoms with E-state index in [2.05, 4.69) is 20.9 Å². The Morgan fingerprint density at radius 2 is 1.97 bits per heavy atom. The van der Waals surface area contributed by atoms with Gasteiger partial charge in [0.2, 0.25) is 5.91 Å². The van der Waals surface area contributed by atoms with Crippen LogP contribution < -0.4 is 16.0 Å². The second-order valence-corrected chi connectivity index (χ2v) is 9.19. The van der Waals surface area contributed by atoms with Gasteiger partial charge in [-0.25, -0.2) is 17.8 Å². The lowest BCUT2D eigenvalue weighted by atomic mass is 10.1. The number of halogens is 2. The Balaban J connectivity index is 0.00000420. The van der Waals surface area contributed by atoms with Crippen molar-refractivity contribution in [2.75, 3.05) is 19.3 Å². The summed E-state index contributed by atoms with van der Waals surface area (Å²) >= 11 is 0. The van der Waals surface area contributed by atoms with Gasteiger partial charge in [-0.15, -0.1) is 24.0 Å². The van der Waals surface area contributed by atoms with E-state index in [1.165, 1.54) is 18.2 Å². The van der Waals surface area contributed by atoms with Gasteiger partial charge in [-0.1, -0.05) is 6.07 Å². The molecule has 0 bridgehead atoms. The van der Waals surface area contributed by atoms with Crippen molar-refractivity contribution in [2.24, 2.45) is 4.99 Å². The quantitative estimate of drug-likeness (QED) is 0.183. The number of guanidine groups is 1. The molecule has 1 amide bonds. The molecule has 1 aliphatic carbocycles. The molecule has 0 saturated heterocycles. The molecule has 0 aromatic heterocycles. The number of nitrogens with zero attached hydrogens (tertiary/aromatic N) is 1. The summed E-state index contributed by atoms with van der Waals surface area (Å²) in [6.07, 6.45) is 4.41. The number of nitrogens with one attached hydrogen (secondary N) is 3. The first-order valence-corrected chi connectivity index (χ1v) is 11.6. The number of carbonyl (C=O) groups excluding carboxylic acids is 1. The Kier molecular flexibility index (Phi) is 10.9. The van der Waals surface area contributed by atoms with E-state index in [9.17, 15) is 17.6 Å². The van der Waals surface area contributed by atoms with Crippen molar-refractivity contribution in [3.8, 4) is 0 Å². The third-order valence-corrected chi connectivity index (χ3v) is 4.99. The van der Waals surface area contributed by atoms with Crippen molar-refractivity contribution in [1.29, 1.82) is 0 Å². The number of rotatable bonds is 10. The Bertz CT molecular complexity index is 814. The molecule has 1 aromatic rings. The summed E-state index contributed by atoms with van der Waals surface area (Å²) in [5.74, 6) is 0.0243. The van der Waals surface area contributed by atoms with Crippen molar-refractivity contribution >= 4 is 45.7 Å². The lowest BCUT2D eigenvalue weighted by Gasteiger charge is -2.12. The molecule has 0 unspecified atom stereocenters. The lowest BCUT2D eigenvalue weighted by molar-refractivity contribution is -0.121. The Hall–Kier alpha value is -1.43. The molecular weight excluding hydrogens is 510 g/mol. The molecule has 3 N–H and O–H groups in total. The zero-order valence-electron chi connectivity index (χ0n) is 16.8. The van der Waals surface area contributed by atoms with Gasteiger partial charge in [-0.05, 0) is 49.4 Å². The van der Waals surface area contributed by atoms with Crippen LogP contribution in [-0.4, -0.2) is 45.7 Å². The van der Waals surface area contributed by atoms with Crippen LogP contribution >= 0.6 is 24.0 Å². The van der Waals surface area contributed by atoms with E-state index in [4.69, 9.17) is 0 Å². The average Bonchev–Trinajstić information content (AvgIpc) is 3.41. The molecule has 0 radical (unpaired) electrons. The van der Waals surface area contributed by atoms with E-state index in [-0.39, 0.29) is 42.2 Å². The minimum atomic E-state index is -3.23. The van der Waals surface area contributed by atoms with Crippen LogP contribution in [-0.2, 0) is 26.9 Å². The van der Waals surface area contributed by atoms with E-state index >= 15 is 0 Å². The third-order valence-electron chi connectivity index (χ3n) is 4.15. The second-order valence-electron chi connectivity index (χ2n) is 7.05. The highest BCUT2D eigenvalue weighted by Gasteiger charge is 2.22. The number of hydrogen-bond donors (Lipinski definition) is 3. The Morgan fingerprint density at radius 3 is 2.59 bits per heavy atom. The predicted octanol–water partition coefficient (Wildman–Crippen LogP) is 2.10. The molecule has 7 nitrogen and oxygen atoms in total. The fourth-order valence-electron chi connectivity index (χ4n) is 2.65. The molecule has 0 spiro atoms. The topological polar surface area (TPSA) is 99.7 Å². The van der Waals surface area contributed by atoms with Crippen molar-refractivity contribution in [1.82, 2.24) is 16.0 Å². The maximum absolute atomic E-state index is 13.6. The van der Waals surface area contributed by atoms with Crippen LogP contribution in [0.2, 0.25) is 0 Å². The van der Waals surface area contributed by atoms with Gasteiger partial charge in [0.05, 0.1) is 12.3 Å². The van der Waals surface area contributed by atoms with Crippen LogP contribution in [0.25, 0.3) is 0 Å². The highest BCUT2D eigenvalue weighted by molar-refractivity contribution is 14.0. The van der Waals surface area contributed by atoms with Gasteiger partial charge in [-0.2, -0.15) is 0 Å². The highest BCUT2D eigenvalue weighted by atomic mass is 127. The van der Waals surface area contributed by atoms with Crippen LogP contribution in [0.3, 0.4) is 0 Å². The normalized spacial score (nSPS) is 14.1. The van der Waals surface area contributed by atoms with E-state index in [1.54, 1.807) is 0 Å². The van der Waals surface area contributed by atoms with E-state index in [0.717, 1.165) is 19.1 Å². The molecule has 2 rings (SSSR count). The molecule has 1 fully saturated rings. The summed E-state index contributed by atoms with van der Waals surface area (Å²) in [6, 6.07) is 4.42. The largest absolute Gasteiger partial charge is 0.357 e. The lowest BCUT2D eigenvalue weighted by Crippen LogP contribution is -2.38. The molecule has 29 heavy (non-hydrogen) atoms. The minimum absolute atomic E-state index is 0. The van der Waals surface area contributed by atoms with E-state index < -0.39 is 15.7 Å². The van der Waals surface area contributed by atoms with Crippen LogP contribution in [0.5, 0.6) is 0 Å². The van der Waals surface area contributed by atoms with Gasteiger partial charge in [0.25, 0.3) is 0 Å². The molecule has 0 atom stereocenters. The predicted molar refractivity (Wildman–Crippen MR) is 124 cm³/mol. The van der Waals surface area contributed by atoms with Crippen LogP contribution in [0.4, 0.5) is 4.39 Å². The number of carbonyl (C=O) groups is 1. The maximum Gasteiger partial charge on any atom is 0.220 e. The van der Waals surface area contributed by atoms with Crippen molar-refractivity contribution < 1.29 is 17.6 Å². The molecule has 0 heterocycles. The number of hydrogen-bond acceptors (Lipinski definition) is 4. The van der Waals surface area contributed by atoms with Gasteiger partial charge in [0.15, 0.2) is 15.8 Å². The monoisotopic (exact) mass is 540 g/mol. The average molecular weight is 540 g/mol. The smallest absolute Gasteiger partial charge is 0.220 e. The first-order chi connectivity index (χ1) is 13.3. The fourth-order valence-corrected chi connectivity index (χ4v) is 3.50. The summed E-state index contributed by atoms with van der Waals surface area (Å²) in [7, 11) is -3.23. The fraction of sp³-hybridized carbons (Fsp3) is 0.579. The van der Waals surface area contributed by atoms with Crippen LogP contribution in [0, 0.1) is 5.82 Å². The summed E-state index contributed by atoms with van der Waals surface area (Å²) < 4.78 is 36.8. The Labute approximate surface area is 189 Å². The maximum atomic E-state index is 13.6.